The molecule has 0 aliphatic rings. The maximum absolute atomic E-state index is 11.2. The average Bonchev–Trinajstić information content (AvgIpc) is 2.35. The van der Waals surface area contributed by atoms with Crippen LogP contribution in [0.15, 0.2) is 39.5 Å². The molecule has 114 valence electrons. The monoisotopic (exact) mass is 333 g/mol. The van der Waals surface area contributed by atoms with E-state index in [-0.39, 0.29) is 12.2 Å². The van der Waals surface area contributed by atoms with E-state index in [0.717, 1.165) is 5.39 Å². The number of halogens is 1. The van der Waals surface area contributed by atoms with Gasteiger partial charge in [0.05, 0.1) is 5.56 Å². The molecule has 7 nitrogen and oxygen atoms in total. The second kappa shape index (κ2) is 7.21. The molecule has 0 saturated carbocycles. The summed E-state index contributed by atoms with van der Waals surface area (Å²) in [5.74, 6) is -2.46. The van der Waals surface area contributed by atoms with Gasteiger partial charge in [-0.1, -0.05) is 18.2 Å². The molecule has 0 spiro atoms. The first kappa shape index (κ1) is 17.2. The van der Waals surface area contributed by atoms with Crippen LogP contribution in [0, 0.1) is 0 Å². The summed E-state index contributed by atoms with van der Waals surface area (Å²) in [6, 6.07) is 9.13. The Morgan fingerprint density at radius 1 is 1.33 bits per heavy atom. The molecule has 0 aliphatic carbocycles. The second-order valence-electron chi connectivity index (χ2n) is 3.88. The van der Waals surface area contributed by atoms with Crippen molar-refractivity contribution < 1.29 is 22.7 Å². The Balaban J connectivity index is 0.000000240. The number of carbonyl (C=O) groups is 1. The molecule has 9 heteroatoms. The number of fused-ring (bicyclic) bond motifs is 1. The van der Waals surface area contributed by atoms with Gasteiger partial charge in [-0.25, -0.2) is 13.2 Å². The fourth-order valence-electron chi connectivity index (χ4n) is 1.39. The Kier molecular flexibility index (Phi) is 5.89. The summed E-state index contributed by atoms with van der Waals surface area (Å²) < 4.78 is 24.7. The minimum atomic E-state index is -3.85. The van der Waals surface area contributed by atoms with Gasteiger partial charge in [0.15, 0.2) is 5.75 Å². The van der Waals surface area contributed by atoms with E-state index in [4.69, 9.17) is 15.3 Å². The van der Waals surface area contributed by atoms with Crippen molar-refractivity contribution in [2.75, 3.05) is 5.75 Å². The highest BCUT2D eigenvalue weighted by Crippen LogP contribution is 2.11. The maximum atomic E-state index is 11.2. The van der Waals surface area contributed by atoms with Gasteiger partial charge in [0.25, 0.3) is 0 Å². The number of rotatable bonds is 3. The maximum Gasteiger partial charge on any atom is 0.340 e. The summed E-state index contributed by atoms with van der Waals surface area (Å²) in [6.07, 6.45) is 0. The van der Waals surface area contributed by atoms with E-state index in [2.05, 4.69) is 10.7 Å². The van der Waals surface area contributed by atoms with Crippen molar-refractivity contribution in [2.45, 2.75) is 6.54 Å². The first-order valence-electron chi connectivity index (χ1n) is 5.59. The van der Waals surface area contributed by atoms with Gasteiger partial charge in [-0.05, 0) is 12.1 Å². The van der Waals surface area contributed by atoms with Gasteiger partial charge in [-0.3, -0.25) is 4.79 Å². The van der Waals surface area contributed by atoms with Crippen molar-refractivity contribution >= 4 is 36.7 Å². The highest BCUT2D eigenvalue weighted by Gasteiger charge is 2.10. The average molecular weight is 334 g/mol. The molecule has 21 heavy (non-hydrogen) atoms. The highest BCUT2D eigenvalue weighted by molar-refractivity contribution is 8.14. The zero-order valence-electron chi connectivity index (χ0n) is 10.7. The van der Waals surface area contributed by atoms with E-state index in [1.807, 2.05) is 18.2 Å². The van der Waals surface area contributed by atoms with Crippen LogP contribution in [0.25, 0.3) is 11.0 Å². The molecule has 2 aromatic rings. The molecule has 0 fully saturated rings. The molecule has 0 amide bonds. The van der Waals surface area contributed by atoms with Gasteiger partial charge in [0.1, 0.15) is 5.58 Å². The van der Waals surface area contributed by atoms with Crippen LogP contribution < -0.4 is 11.4 Å². The first-order chi connectivity index (χ1) is 9.73. The molecule has 0 atom stereocenters. The molecule has 0 unspecified atom stereocenters. The van der Waals surface area contributed by atoms with Crippen LogP contribution in [0.3, 0.4) is 0 Å². The molecule has 0 radical (unpaired) electrons. The second-order valence-corrected chi connectivity index (χ2v) is 6.65. The van der Waals surface area contributed by atoms with Crippen LogP contribution in [0.4, 0.5) is 0 Å². The van der Waals surface area contributed by atoms with E-state index in [1.54, 1.807) is 12.1 Å². The fourth-order valence-corrected chi connectivity index (χ4v) is 1.97. The zero-order valence-corrected chi connectivity index (χ0v) is 12.2. The lowest BCUT2D eigenvalue weighted by Gasteiger charge is -1.97. The third-order valence-corrected chi connectivity index (χ3v) is 3.15. The lowest BCUT2D eigenvalue weighted by molar-refractivity contribution is -0.134. The molecule has 0 bridgehead atoms. The number of carboxylic acids is 1. The number of nitrogens with two attached hydrogens (primary N) is 1. The summed E-state index contributed by atoms with van der Waals surface area (Å²) in [5.41, 5.74) is 6.15. The van der Waals surface area contributed by atoms with Crippen LogP contribution in [-0.2, 0) is 20.4 Å². The number of benzene rings is 1. The van der Waals surface area contributed by atoms with Gasteiger partial charge < -0.3 is 15.3 Å². The van der Waals surface area contributed by atoms with Gasteiger partial charge >= 0.3 is 11.6 Å². The number of hydrogen-bond donors (Lipinski definition) is 2. The quantitative estimate of drug-likeness (QED) is 0.630. The Bertz CT molecular complexity index is 799. The normalized spacial score (nSPS) is 10.8. The predicted molar refractivity (Wildman–Crippen MR) is 77.7 cm³/mol. The molecule has 1 aromatic carbocycles. The number of para-hydroxylation sites is 1. The molecule has 0 saturated heterocycles. The van der Waals surface area contributed by atoms with Gasteiger partial charge in [0.2, 0.25) is 9.05 Å². The first-order valence-corrected chi connectivity index (χ1v) is 8.06. The van der Waals surface area contributed by atoms with E-state index < -0.39 is 20.8 Å². The Morgan fingerprint density at radius 2 is 1.95 bits per heavy atom. The minimum absolute atomic E-state index is 0.215. The van der Waals surface area contributed by atoms with Crippen LogP contribution in [0.2, 0.25) is 0 Å². The molecule has 1 aromatic heterocycles. The number of hydrogen-bond acceptors (Lipinski definition) is 6. The van der Waals surface area contributed by atoms with Gasteiger partial charge in [0, 0.05) is 22.6 Å². The van der Waals surface area contributed by atoms with E-state index in [9.17, 15) is 18.0 Å². The van der Waals surface area contributed by atoms with Gasteiger partial charge in [-0.15, -0.1) is 0 Å². The third kappa shape index (κ3) is 5.94. The van der Waals surface area contributed by atoms with Crippen molar-refractivity contribution in [1.82, 2.24) is 0 Å². The minimum Gasteiger partial charge on any atom is -0.480 e. The van der Waals surface area contributed by atoms with E-state index in [1.165, 1.54) is 0 Å². The van der Waals surface area contributed by atoms with Gasteiger partial charge in [-0.2, -0.15) is 0 Å². The van der Waals surface area contributed by atoms with E-state index in [0.29, 0.717) is 11.1 Å². The molecular formula is C12H12ClNO6S. The summed E-state index contributed by atoms with van der Waals surface area (Å²) in [6.45, 7) is 0.215. The van der Waals surface area contributed by atoms with Crippen molar-refractivity contribution in [3.05, 3.63) is 46.3 Å². The van der Waals surface area contributed by atoms with Crippen LogP contribution in [-0.4, -0.2) is 25.2 Å². The summed E-state index contributed by atoms with van der Waals surface area (Å²) in [4.78, 5) is 20.8. The summed E-state index contributed by atoms with van der Waals surface area (Å²) >= 11 is 0. The van der Waals surface area contributed by atoms with Crippen molar-refractivity contribution in [3.8, 4) is 0 Å². The van der Waals surface area contributed by atoms with E-state index >= 15 is 0 Å². The van der Waals surface area contributed by atoms with Crippen LogP contribution in [0.1, 0.15) is 5.56 Å². The predicted octanol–water partition coefficient (Wildman–Crippen LogP) is 0.891. The van der Waals surface area contributed by atoms with Crippen LogP contribution in [0.5, 0.6) is 0 Å². The Labute approximate surface area is 124 Å². The smallest absolute Gasteiger partial charge is 0.340 e. The molecule has 3 N–H and O–H groups in total. The van der Waals surface area contributed by atoms with Crippen molar-refractivity contribution in [1.29, 1.82) is 0 Å². The fraction of sp³-hybridized carbons (Fsp3) is 0.167. The van der Waals surface area contributed by atoms with Crippen molar-refractivity contribution in [3.63, 3.8) is 0 Å². The Morgan fingerprint density at radius 3 is 2.43 bits per heavy atom. The summed E-state index contributed by atoms with van der Waals surface area (Å²) in [5, 5.41) is 8.69. The topological polar surface area (TPSA) is 128 Å². The summed E-state index contributed by atoms with van der Waals surface area (Å²) in [7, 11) is 0.669. The number of carboxylic acid groups (broad SMARTS) is 1. The van der Waals surface area contributed by atoms with Crippen molar-refractivity contribution in [2.24, 2.45) is 5.73 Å². The molecule has 1 heterocycles. The SMILES string of the molecule is NCc1cc2ccccc2oc1=O.O=C(O)CS(=O)(=O)Cl. The van der Waals surface area contributed by atoms with Crippen LogP contribution >= 0.6 is 10.7 Å². The Hall–Kier alpha value is -1.90. The third-order valence-electron chi connectivity index (χ3n) is 2.23. The lowest BCUT2D eigenvalue weighted by Crippen LogP contribution is -2.11. The largest absolute Gasteiger partial charge is 0.480 e. The zero-order chi connectivity index (χ0) is 16.0. The standard InChI is InChI=1S/C10H9NO2.C2H3ClO4S/c11-6-8-5-7-3-1-2-4-9(7)13-10(8)12;3-8(6,7)1-2(4)5/h1-5H,6,11H2;1H2,(H,4,5). The molecular weight excluding hydrogens is 322 g/mol. The lowest BCUT2D eigenvalue weighted by atomic mass is 10.2. The highest BCUT2D eigenvalue weighted by atomic mass is 35.7. The number of aliphatic carboxylic acids is 1. The molecule has 0 aliphatic heterocycles. The molecule has 2 rings (SSSR count).